The molecule has 252 valence electrons. The summed E-state index contributed by atoms with van der Waals surface area (Å²) in [7, 11) is -3.08. The normalized spacial score (nSPS) is 18.6. The van der Waals surface area contributed by atoms with E-state index >= 15 is 0 Å². The molecule has 1 aromatic carbocycles. The van der Waals surface area contributed by atoms with Crippen LogP contribution in [0.25, 0.3) is 10.8 Å². The highest BCUT2D eigenvalue weighted by atomic mass is 32.3. The molecule has 0 aliphatic carbocycles. The van der Waals surface area contributed by atoms with Crippen LogP contribution < -0.4 is 31.0 Å². The van der Waals surface area contributed by atoms with E-state index in [2.05, 4.69) is 30.4 Å². The molecule has 2 fully saturated rings. The zero-order chi connectivity index (χ0) is 34.1. The molecule has 0 bridgehead atoms. The van der Waals surface area contributed by atoms with E-state index < -0.39 is 58.2 Å². The monoisotopic (exact) mass is 693 g/mol. The van der Waals surface area contributed by atoms with Gasteiger partial charge in [-0.2, -0.15) is 13.5 Å². The second-order valence-corrected chi connectivity index (χ2v) is 13.3. The van der Waals surface area contributed by atoms with Gasteiger partial charge in [0.25, 0.3) is 23.7 Å². The minimum absolute atomic E-state index is 0.0645. The number of aryl methyl sites for hydroxylation is 1. The van der Waals surface area contributed by atoms with Crippen LogP contribution >= 0.6 is 11.3 Å². The number of hydroxylamine groups is 2. The molecule has 0 saturated carbocycles. The molecule has 0 radical (unpaired) electrons. The van der Waals surface area contributed by atoms with Crippen LogP contribution in [0.3, 0.4) is 0 Å². The number of carboxylic acid groups (broad SMARTS) is 1. The van der Waals surface area contributed by atoms with Crippen LogP contribution in [0, 0.1) is 5.92 Å². The molecule has 0 spiro atoms. The summed E-state index contributed by atoms with van der Waals surface area (Å²) in [5.74, 6) is -1.59. The third-order valence-corrected chi connectivity index (χ3v) is 8.59. The summed E-state index contributed by atoms with van der Waals surface area (Å²) in [5.41, 5.74) is 3.70. The summed E-state index contributed by atoms with van der Waals surface area (Å²) in [6, 6.07) is 5.90. The number of fused-ring (bicyclic) bond motifs is 1. The summed E-state index contributed by atoms with van der Waals surface area (Å²) >= 11 is 0.966. The lowest BCUT2D eigenvalue weighted by Gasteiger charge is -2.50. The van der Waals surface area contributed by atoms with Crippen LogP contribution in [-0.2, 0) is 41.0 Å². The van der Waals surface area contributed by atoms with Crippen molar-refractivity contribution < 1.29 is 50.9 Å². The summed E-state index contributed by atoms with van der Waals surface area (Å²) in [4.78, 5) is 47.1. The molecule has 2 aromatic heterocycles. The van der Waals surface area contributed by atoms with Gasteiger partial charge in [-0.1, -0.05) is 5.16 Å². The molecule has 2 atom stereocenters. The van der Waals surface area contributed by atoms with Gasteiger partial charge in [-0.3, -0.25) is 19.5 Å². The lowest BCUT2D eigenvalue weighted by Crippen LogP contribution is -2.76. The zero-order valence-electron chi connectivity index (χ0n) is 25.4. The van der Waals surface area contributed by atoms with Gasteiger partial charge in [-0.05, 0) is 43.5 Å². The number of ether oxygens (including phenoxy) is 1. The molecular formula is C27H33N8O10S2+. The van der Waals surface area contributed by atoms with Gasteiger partial charge in [0, 0.05) is 24.4 Å². The van der Waals surface area contributed by atoms with E-state index in [0.717, 1.165) is 47.6 Å². The van der Waals surface area contributed by atoms with Gasteiger partial charge in [-0.25, -0.2) is 14.3 Å². The first-order valence-corrected chi connectivity index (χ1v) is 16.4. The first-order chi connectivity index (χ1) is 22.1. The van der Waals surface area contributed by atoms with Crippen molar-refractivity contribution in [1.82, 2.24) is 20.7 Å². The number of carbonyl (C=O) groups excluding carboxylic acids is 2. The number of nitrogens with zero attached hydrogens (tertiary/aromatic N) is 4. The van der Waals surface area contributed by atoms with Gasteiger partial charge in [0.05, 0.1) is 30.7 Å². The number of nitrogens with one attached hydrogen (secondary N) is 3. The Morgan fingerprint density at radius 2 is 2.06 bits per heavy atom. The maximum absolute atomic E-state index is 13.3. The van der Waals surface area contributed by atoms with Crippen LogP contribution in [0.1, 0.15) is 19.5 Å². The van der Waals surface area contributed by atoms with Crippen LogP contribution in [0.15, 0.2) is 41.0 Å². The SMILES string of the molecule is C[n+]1ccc2cc(OCC(O/N=C(\C(=O)N[C@@H]3C(=O)N(OS(=O)(=O)O)C3(C)C)c3csc(N)n3)C(=O)O)ccc2c1NCC1CNC1. The third-order valence-electron chi connectivity index (χ3n) is 7.58. The number of benzene rings is 1. The fraction of sp³-hybridized carbons (Fsp3) is 0.407. The van der Waals surface area contributed by atoms with E-state index in [0.29, 0.717) is 16.7 Å². The van der Waals surface area contributed by atoms with Crippen LogP contribution in [0.2, 0.25) is 0 Å². The lowest BCUT2D eigenvalue weighted by molar-refractivity contribution is -0.656. The second kappa shape index (κ2) is 13.2. The Hall–Kier alpha value is -4.63. The highest BCUT2D eigenvalue weighted by Crippen LogP contribution is 2.33. The number of hydrogen-bond donors (Lipinski definition) is 6. The molecule has 2 saturated heterocycles. The first kappa shape index (κ1) is 33.7. The van der Waals surface area contributed by atoms with Crippen LogP contribution in [0.4, 0.5) is 10.9 Å². The first-order valence-electron chi connectivity index (χ1n) is 14.1. The van der Waals surface area contributed by atoms with Crippen molar-refractivity contribution in [1.29, 1.82) is 0 Å². The summed E-state index contributed by atoms with van der Waals surface area (Å²) in [5, 5.41) is 26.3. The number of aromatic nitrogens is 2. The van der Waals surface area contributed by atoms with Crippen molar-refractivity contribution in [3.8, 4) is 5.75 Å². The van der Waals surface area contributed by atoms with E-state index in [-0.39, 0.29) is 10.8 Å². The number of carbonyl (C=O) groups is 3. The number of nitrogen functional groups attached to an aromatic ring is 1. The molecule has 3 aromatic rings. The number of pyridine rings is 1. The Kier molecular flexibility index (Phi) is 9.50. The quantitative estimate of drug-likeness (QED) is 0.0407. The van der Waals surface area contributed by atoms with Gasteiger partial charge in [0.2, 0.25) is 0 Å². The minimum atomic E-state index is -5.01. The molecule has 20 heteroatoms. The largest absolute Gasteiger partial charge is 0.489 e. The number of β-lactam (4-membered cyclic amide) rings is 1. The van der Waals surface area contributed by atoms with Crippen molar-refractivity contribution >= 4 is 67.0 Å². The average molecular weight is 694 g/mol. The summed E-state index contributed by atoms with van der Waals surface area (Å²) in [6.07, 6.45) is 0.229. The number of anilines is 2. The number of carboxylic acids is 1. The average Bonchev–Trinajstić information content (AvgIpc) is 3.41. The van der Waals surface area contributed by atoms with Gasteiger partial charge >= 0.3 is 16.4 Å². The molecule has 2 aliphatic heterocycles. The van der Waals surface area contributed by atoms with Crippen molar-refractivity contribution in [2.75, 3.05) is 37.3 Å². The maximum atomic E-state index is 13.3. The van der Waals surface area contributed by atoms with Gasteiger partial charge < -0.3 is 31.0 Å². The van der Waals surface area contributed by atoms with Crippen molar-refractivity contribution in [2.45, 2.75) is 31.5 Å². The fourth-order valence-corrected chi connectivity index (χ4v) is 5.85. The van der Waals surface area contributed by atoms with E-state index in [1.54, 1.807) is 12.1 Å². The van der Waals surface area contributed by atoms with Crippen molar-refractivity contribution in [2.24, 2.45) is 18.1 Å². The fourth-order valence-electron chi connectivity index (χ4n) is 4.85. The molecular weight excluding hydrogens is 660 g/mol. The topological polar surface area (TPSA) is 248 Å². The molecule has 2 aliphatic rings. The predicted molar refractivity (Wildman–Crippen MR) is 167 cm³/mol. The van der Waals surface area contributed by atoms with Gasteiger partial charge in [0.1, 0.15) is 24.1 Å². The van der Waals surface area contributed by atoms with E-state index in [4.69, 9.17) is 19.9 Å². The number of amides is 2. The van der Waals surface area contributed by atoms with E-state index in [9.17, 15) is 27.9 Å². The van der Waals surface area contributed by atoms with E-state index in [1.165, 1.54) is 19.2 Å². The number of rotatable bonds is 14. The smallest absolute Gasteiger partial charge is 0.418 e. The summed E-state index contributed by atoms with van der Waals surface area (Å²) < 4.78 is 43.2. The number of hydrogen-bond acceptors (Lipinski definition) is 14. The van der Waals surface area contributed by atoms with Crippen LogP contribution in [0.5, 0.6) is 5.75 Å². The Bertz CT molecular complexity index is 1840. The van der Waals surface area contributed by atoms with Gasteiger partial charge in [-0.15, -0.1) is 15.6 Å². The molecule has 47 heavy (non-hydrogen) atoms. The minimum Gasteiger partial charge on any atom is -0.489 e. The Labute approximate surface area is 272 Å². The molecule has 2 amide bonds. The third kappa shape index (κ3) is 7.52. The zero-order valence-corrected chi connectivity index (χ0v) is 27.0. The highest BCUT2D eigenvalue weighted by molar-refractivity contribution is 7.80. The molecule has 18 nitrogen and oxygen atoms in total. The molecule has 5 rings (SSSR count). The molecule has 4 heterocycles. The standard InChI is InChI=1S/C27H32N8O10S2/c1-27(2)21(24(37)35(27)45-47(40,41)42)32-23(36)20(18-13-46-26(28)31-18)33-44-19(25(38)39)12-43-16-4-5-17-15(8-16)6-7-34(3)22(17)30-11-14-9-29-10-14/h4-8,13-14,19,21,29H,9-12H2,1-3H3,(H5,28,31,32,36,38,39,40,41,42)/p+1/b33-20-/t19?,21-/m1/s1. The molecule has 7 N–H and O–H groups in total. The number of aliphatic carboxylic acids is 1. The lowest BCUT2D eigenvalue weighted by atomic mass is 9.84. The summed E-state index contributed by atoms with van der Waals surface area (Å²) in [6.45, 7) is 4.99. The van der Waals surface area contributed by atoms with E-state index in [1.807, 2.05) is 29.9 Å². The maximum Gasteiger partial charge on any atom is 0.418 e. The predicted octanol–water partition coefficient (Wildman–Crippen LogP) is -0.573. The molecule has 1 unspecified atom stereocenters. The Balaban J connectivity index is 1.29. The Morgan fingerprint density at radius 1 is 1.32 bits per heavy atom. The second-order valence-electron chi connectivity index (χ2n) is 11.4. The number of thiazole rings is 1. The van der Waals surface area contributed by atoms with Crippen molar-refractivity contribution in [3.05, 3.63) is 41.5 Å². The highest BCUT2D eigenvalue weighted by Gasteiger charge is 2.58. The van der Waals surface area contributed by atoms with Crippen molar-refractivity contribution in [3.63, 3.8) is 0 Å². The Morgan fingerprint density at radius 3 is 2.66 bits per heavy atom. The van der Waals surface area contributed by atoms with Crippen LogP contribution in [-0.4, -0.2) is 95.5 Å². The number of oxime groups is 1. The van der Waals surface area contributed by atoms with Gasteiger partial charge in [0.15, 0.2) is 10.8 Å². The number of nitrogens with two attached hydrogens (primary N) is 1.